The lowest BCUT2D eigenvalue weighted by molar-refractivity contribution is 0.0698. The van der Waals surface area contributed by atoms with E-state index in [1.54, 1.807) is 12.1 Å². The van der Waals surface area contributed by atoms with Crippen LogP contribution in [0.15, 0.2) is 18.2 Å². The number of nitrogens with two attached hydrogens (primary N) is 1. The molecule has 0 aliphatic rings. The molecule has 0 bridgehead atoms. The Balaban J connectivity index is 2.19. The van der Waals surface area contributed by atoms with Gasteiger partial charge in [0, 0.05) is 11.8 Å². The van der Waals surface area contributed by atoms with E-state index in [2.05, 4.69) is 6.92 Å². The molecule has 3 N–H and O–H groups in total. The quantitative estimate of drug-likeness (QED) is 0.499. The average Bonchev–Trinajstić information content (AvgIpc) is 2.41. The van der Waals surface area contributed by atoms with E-state index >= 15 is 0 Å². The molecule has 0 unspecified atom stereocenters. The smallest absolute Gasteiger partial charge is 0.337 e. The highest BCUT2D eigenvalue weighted by atomic mass is 16.5. The number of anilines is 1. The van der Waals surface area contributed by atoms with E-state index in [0.29, 0.717) is 12.4 Å². The number of rotatable bonds is 10. The van der Waals surface area contributed by atoms with Crippen molar-refractivity contribution in [1.29, 1.82) is 0 Å². The van der Waals surface area contributed by atoms with Gasteiger partial charge in [-0.25, -0.2) is 4.79 Å². The van der Waals surface area contributed by atoms with E-state index in [-0.39, 0.29) is 11.3 Å². The Morgan fingerprint density at radius 1 is 1.15 bits per heavy atom. The maximum absolute atomic E-state index is 10.8. The van der Waals surface area contributed by atoms with Crippen LogP contribution in [-0.4, -0.2) is 17.7 Å². The van der Waals surface area contributed by atoms with Gasteiger partial charge in [0.2, 0.25) is 0 Å². The van der Waals surface area contributed by atoms with E-state index in [0.717, 1.165) is 6.42 Å². The zero-order chi connectivity index (χ0) is 14.8. The topological polar surface area (TPSA) is 72.5 Å². The first-order valence-electron chi connectivity index (χ1n) is 7.40. The zero-order valence-electron chi connectivity index (χ0n) is 12.2. The van der Waals surface area contributed by atoms with Gasteiger partial charge in [0.15, 0.2) is 0 Å². The predicted molar refractivity (Wildman–Crippen MR) is 81.3 cm³/mol. The Bertz CT molecular complexity index is 418. The zero-order valence-corrected chi connectivity index (χ0v) is 12.2. The molecule has 0 aliphatic carbocycles. The molecule has 0 aromatic heterocycles. The fourth-order valence-corrected chi connectivity index (χ4v) is 2.07. The van der Waals surface area contributed by atoms with Crippen molar-refractivity contribution >= 4 is 11.7 Å². The number of nitrogen functional groups attached to an aromatic ring is 1. The number of unbranched alkanes of at least 4 members (excludes halogenated alkanes) is 6. The van der Waals surface area contributed by atoms with Gasteiger partial charge in [-0.15, -0.1) is 0 Å². The number of hydrogen-bond acceptors (Lipinski definition) is 3. The second-order valence-corrected chi connectivity index (χ2v) is 5.02. The molecule has 4 heteroatoms. The number of carboxylic acid groups (broad SMARTS) is 1. The lowest BCUT2D eigenvalue weighted by Crippen LogP contribution is -2.03. The van der Waals surface area contributed by atoms with Crippen LogP contribution in [0.4, 0.5) is 5.69 Å². The molecule has 20 heavy (non-hydrogen) atoms. The standard InChI is InChI=1S/C16H25NO3/c1-2-3-4-5-6-7-8-11-20-13-9-10-14(16(18)19)15(17)12-13/h9-10,12H,2-8,11,17H2,1H3,(H,18,19). The van der Waals surface area contributed by atoms with E-state index in [4.69, 9.17) is 15.6 Å². The van der Waals surface area contributed by atoms with Crippen molar-refractivity contribution in [3.63, 3.8) is 0 Å². The van der Waals surface area contributed by atoms with Gasteiger partial charge in [0.1, 0.15) is 5.75 Å². The van der Waals surface area contributed by atoms with Gasteiger partial charge in [-0.2, -0.15) is 0 Å². The fraction of sp³-hybridized carbons (Fsp3) is 0.562. The van der Waals surface area contributed by atoms with Gasteiger partial charge in [-0.1, -0.05) is 45.4 Å². The maximum atomic E-state index is 10.8. The summed E-state index contributed by atoms with van der Waals surface area (Å²) in [5.74, 6) is -0.375. The van der Waals surface area contributed by atoms with Crippen molar-refractivity contribution < 1.29 is 14.6 Å². The van der Waals surface area contributed by atoms with Crippen molar-refractivity contribution in [2.24, 2.45) is 0 Å². The van der Waals surface area contributed by atoms with Crippen LogP contribution >= 0.6 is 0 Å². The van der Waals surface area contributed by atoms with Crippen molar-refractivity contribution in [2.75, 3.05) is 12.3 Å². The van der Waals surface area contributed by atoms with Crippen LogP contribution in [0.5, 0.6) is 5.75 Å². The third kappa shape index (κ3) is 5.95. The fourth-order valence-electron chi connectivity index (χ4n) is 2.07. The highest BCUT2D eigenvalue weighted by molar-refractivity contribution is 5.93. The van der Waals surface area contributed by atoms with E-state index in [1.165, 1.54) is 44.6 Å². The SMILES string of the molecule is CCCCCCCCCOc1ccc(C(=O)O)c(N)c1. The summed E-state index contributed by atoms with van der Waals surface area (Å²) < 4.78 is 5.58. The lowest BCUT2D eigenvalue weighted by atomic mass is 10.1. The molecule has 1 aromatic rings. The molecule has 0 radical (unpaired) electrons. The van der Waals surface area contributed by atoms with Crippen LogP contribution in [0, 0.1) is 0 Å². The van der Waals surface area contributed by atoms with Crippen molar-refractivity contribution in [2.45, 2.75) is 51.9 Å². The first kappa shape index (κ1) is 16.3. The van der Waals surface area contributed by atoms with E-state index in [1.807, 2.05) is 0 Å². The molecule has 0 saturated heterocycles. The van der Waals surface area contributed by atoms with Crippen LogP contribution in [0.25, 0.3) is 0 Å². The summed E-state index contributed by atoms with van der Waals surface area (Å²) in [6.07, 6.45) is 8.67. The number of carboxylic acids is 1. The highest BCUT2D eigenvalue weighted by Gasteiger charge is 2.08. The molecular weight excluding hydrogens is 254 g/mol. The normalized spacial score (nSPS) is 10.4. The summed E-state index contributed by atoms with van der Waals surface area (Å²) in [6, 6.07) is 4.71. The van der Waals surface area contributed by atoms with Crippen LogP contribution in [0.3, 0.4) is 0 Å². The Labute approximate surface area is 120 Å². The minimum absolute atomic E-state index is 0.119. The van der Waals surface area contributed by atoms with Gasteiger partial charge in [-0.3, -0.25) is 0 Å². The number of hydrogen-bond donors (Lipinski definition) is 2. The Hall–Kier alpha value is -1.71. The number of ether oxygens (including phenoxy) is 1. The first-order valence-corrected chi connectivity index (χ1v) is 7.40. The largest absolute Gasteiger partial charge is 0.494 e. The summed E-state index contributed by atoms with van der Waals surface area (Å²) in [5, 5.41) is 8.87. The summed E-state index contributed by atoms with van der Waals surface area (Å²) >= 11 is 0. The van der Waals surface area contributed by atoms with Gasteiger partial charge < -0.3 is 15.6 Å². The molecule has 0 saturated carbocycles. The Morgan fingerprint density at radius 3 is 2.40 bits per heavy atom. The minimum atomic E-state index is -1.01. The third-order valence-electron chi connectivity index (χ3n) is 3.27. The maximum Gasteiger partial charge on any atom is 0.337 e. The van der Waals surface area contributed by atoms with Crippen molar-refractivity contribution in [3.8, 4) is 5.75 Å². The second-order valence-electron chi connectivity index (χ2n) is 5.02. The third-order valence-corrected chi connectivity index (χ3v) is 3.27. The molecule has 4 nitrogen and oxygen atoms in total. The Kier molecular flexibility index (Phi) is 7.55. The van der Waals surface area contributed by atoms with Gasteiger partial charge in [0.25, 0.3) is 0 Å². The van der Waals surface area contributed by atoms with E-state index in [9.17, 15) is 4.79 Å². The molecular formula is C16H25NO3. The first-order chi connectivity index (χ1) is 9.65. The molecule has 0 amide bonds. The van der Waals surface area contributed by atoms with Crippen LogP contribution < -0.4 is 10.5 Å². The molecule has 0 atom stereocenters. The van der Waals surface area contributed by atoms with Gasteiger partial charge >= 0.3 is 5.97 Å². The van der Waals surface area contributed by atoms with Gasteiger partial charge in [0.05, 0.1) is 12.2 Å². The molecule has 0 fully saturated rings. The summed E-state index contributed by atoms with van der Waals surface area (Å²) in [4.78, 5) is 10.8. The molecule has 112 valence electrons. The van der Waals surface area contributed by atoms with Crippen LogP contribution in [0.1, 0.15) is 62.2 Å². The molecule has 1 aromatic carbocycles. The summed E-state index contributed by atoms with van der Waals surface area (Å²) in [7, 11) is 0. The molecule has 0 aliphatic heterocycles. The van der Waals surface area contributed by atoms with Crippen LogP contribution in [-0.2, 0) is 0 Å². The monoisotopic (exact) mass is 279 g/mol. The van der Waals surface area contributed by atoms with Gasteiger partial charge in [-0.05, 0) is 18.6 Å². The predicted octanol–water partition coefficient (Wildman–Crippen LogP) is 4.10. The molecule has 0 spiro atoms. The molecule has 0 heterocycles. The number of aromatic carboxylic acids is 1. The lowest BCUT2D eigenvalue weighted by Gasteiger charge is -2.08. The number of carbonyl (C=O) groups is 1. The average molecular weight is 279 g/mol. The minimum Gasteiger partial charge on any atom is -0.494 e. The number of benzene rings is 1. The van der Waals surface area contributed by atoms with Crippen molar-refractivity contribution in [1.82, 2.24) is 0 Å². The summed E-state index contributed by atoms with van der Waals surface area (Å²) in [6.45, 7) is 2.87. The van der Waals surface area contributed by atoms with E-state index < -0.39 is 5.97 Å². The molecule has 1 rings (SSSR count). The second kappa shape index (κ2) is 9.23. The van der Waals surface area contributed by atoms with Crippen molar-refractivity contribution in [3.05, 3.63) is 23.8 Å². The van der Waals surface area contributed by atoms with Crippen LogP contribution in [0.2, 0.25) is 0 Å². The summed E-state index contributed by atoms with van der Waals surface area (Å²) in [5.41, 5.74) is 6.02. The Morgan fingerprint density at radius 2 is 1.80 bits per heavy atom. The highest BCUT2D eigenvalue weighted by Crippen LogP contribution is 2.20.